The van der Waals surface area contributed by atoms with Gasteiger partial charge in [0.15, 0.2) is 0 Å². The molecule has 6 nitrogen and oxygen atoms in total. The summed E-state index contributed by atoms with van der Waals surface area (Å²) < 4.78 is 27.2. The molecular formula is C19H23N3O3S. The SMILES string of the molecule is CC1=CCN(S(=O)(=O)c2cccc(C(=O)N3CCC(C#N)CC3)c2)CC1. The van der Waals surface area contributed by atoms with E-state index in [1.165, 1.54) is 15.9 Å². The van der Waals surface area contributed by atoms with E-state index in [1.54, 1.807) is 23.1 Å². The van der Waals surface area contributed by atoms with E-state index in [1.807, 2.05) is 13.0 Å². The number of nitrogens with zero attached hydrogens (tertiary/aromatic N) is 3. The Labute approximate surface area is 154 Å². The molecule has 1 aromatic rings. The van der Waals surface area contributed by atoms with Crippen molar-refractivity contribution in [2.24, 2.45) is 5.92 Å². The zero-order valence-electron chi connectivity index (χ0n) is 14.9. The van der Waals surface area contributed by atoms with Crippen molar-refractivity contribution in [3.05, 3.63) is 41.5 Å². The highest BCUT2D eigenvalue weighted by Gasteiger charge is 2.28. The van der Waals surface area contributed by atoms with Gasteiger partial charge in [-0.2, -0.15) is 9.57 Å². The van der Waals surface area contributed by atoms with Crippen molar-refractivity contribution in [2.45, 2.75) is 31.1 Å². The maximum atomic E-state index is 12.9. The first-order valence-corrected chi connectivity index (χ1v) is 10.3. The highest BCUT2D eigenvalue weighted by atomic mass is 32.2. The van der Waals surface area contributed by atoms with Gasteiger partial charge in [-0.3, -0.25) is 4.79 Å². The monoisotopic (exact) mass is 373 g/mol. The maximum absolute atomic E-state index is 12.9. The predicted molar refractivity (Wildman–Crippen MR) is 97.8 cm³/mol. The second-order valence-corrected chi connectivity index (χ2v) is 8.82. The molecule has 0 unspecified atom stereocenters. The number of likely N-dealkylation sites (tertiary alicyclic amines) is 1. The summed E-state index contributed by atoms with van der Waals surface area (Å²) in [5, 5.41) is 8.97. The largest absolute Gasteiger partial charge is 0.339 e. The number of rotatable bonds is 3. The second kappa shape index (κ2) is 7.60. The highest BCUT2D eigenvalue weighted by Crippen LogP contribution is 2.23. The Morgan fingerprint density at radius 2 is 1.96 bits per heavy atom. The third kappa shape index (κ3) is 3.81. The van der Waals surface area contributed by atoms with Crippen molar-refractivity contribution in [3.8, 4) is 6.07 Å². The molecule has 0 saturated carbocycles. The first-order chi connectivity index (χ1) is 12.4. The van der Waals surface area contributed by atoms with Gasteiger partial charge in [0.05, 0.1) is 11.0 Å². The Hall–Kier alpha value is -2.17. The van der Waals surface area contributed by atoms with Crippen LogP contribution in [0.5, 0.6) is 0 Å². The molecule has 0 atom stereocenters. The summed E-state index contributed by atoms with van der Waals surface area (Å²) >= 11 is 0. The lowest BCUT2D eigenvalue weighted by atomic mass is 9.98. The van der Waals surface area contributed by atoms with Crippen LogP contribution >= 0.6 is 0 Å². The van der Waals surface area contributed by atoms with E-state index >= 15 is 0 Å². The Balaban J connectivity index is 1.78. The van der Waals surface area contributed by atoms with Gasteiger partial charge >= 0.3 is 0 Å². The molecule has 2 heterocycles. The average molecular weight is 373 g/mol. The number of hydrogen-bond acceptors (Lipinski definition) is 4. The van der Waals surface area contributed by atoms with E-state index in [0.717, 1.165) is 6.42 Å². The van der Waals surface area contributed by atoms with E-state index in [9.17, 15) is 13.2 Å². The van der Waals surface area contributed by atoms with Gasteiger partial charge in [-0.1, -0.05) is 17.7 Å². The van der Waals surface area contributed by atoms with Crippen LogP contribution in [0.25, 0.3) is 0 Å². The second-order valence-electron chi connectivity index (χ2n) is 6.89. The van der Waals surface area contributed by atoms with Gasteiger partial charge in [0, 0.05) is 37.7 Å². The molecule has 0 spiro atoms. The summed E-state index contributed by atoms with van der Waals surface area (Å²) in [4.78, 5) is 14.6. The van der Waals surface area contributed by atoms with Gasteiger partial charge in [0.1, 0.15) is 0 Å². The van der Waals surface area contributed by atoms with Crippen LogP contribution in [0, 0.1) is 17.2 Å². The molecule has 0 radical (unpaired) electrons. The topological polar surface area (TPSA) is 81.5 Å². The third-order valence-electron chi connectivity index (χ3n) is 5.08. The van der Waals surface area contributed by atoms with Crippen molar-refractivity contribution in [1.82, 2.24) is 9.21 Å². The highest BCUT2D eigenvalue weighted by molar-refractivity contribution is 7.89. The predicted octanol–water partition coefficient (Wildman–Crippen LogP) is 2.40. The van der Waals surface area contributed by atoms with Crippen LogP contribution in [0.1, 0.15) is 36.5 Å². The summed E-state index contributed by atoms with van der Waals surface area (Å²) in [5.41, 5.74) is 1.58. The number of sulfonamides is 1. The van der Waals surface area contributed by atoms with Gasteiger partial charge in [-0.25, -0.2) is 8.42 Å². The van der Waals surface area contributed by atoms with E-state index < -0.39 is 10.0 Å². The Morgan fingerprint density at radius 3 is 2.58 bits per heavy atom. The molecule has 0 bridgehead atoms. The summed E-state index contributed by atoms with van der Waals surface area (Å²) in [5.74, 6) is -0.172. The van der Waals surface area contributed by atoms with Crippen LogP contribution in [0.4, 0.5) is 0 Å². The molecule has 26 heavy (non-hydrogen) atoms. The molecule has 2 aliphatic heterocycles. The smallest absolute Gasteiger partial charge is 0.253 e. The van der Waals surface area contributed by atoms with Crippen molar-refractivity contribution in [2.75, 3.05) is 26.2 Å². The minimum absolute atomic E-state index is 0.00127. The number of hydrogen-bond donors (Lipinski definition) is 0. The lowest BCUT2D eigenvalue weighted by Gasteiger charge is -2.29. The summed E-state index contributed by atoms with van der Waals surface area (Å²) in [6.45, 7) is 3.89. The van der Waals surface area contributed by atoms with Crippen molar-refractivity contribution in [3.63, 3.8) is 0 Å². The quantitative estimate of drug-likeness (QED) is 0.762. The van der Waals surface area contributed by atoms with Gasteiger partial charge in [-0.05, 0) is 44.4 Å². The minimum Gasteiger partial charge on any atom is -0.339 e. The fraction of sp³-hybridized carbons (Fsp3) is 0.474. The molecule has 1 fully saturated rings. The van der Waals surface area contributed by atoms with Crippen LogP contribution < -0.4 is 0 Å². The molecule has 1 aromatic carbocycles. The zero-order chi connectivity index (χ0) is 18.7. The Bertz CT molecular complexity index is 862. The van der Waals surface area contributed by atoms with Gasteiger partial charge in [-0.15, -0.1) is 0 Å². The molecule has 2 aliphatic rings. The van der Waals surface area contributed by atoms with Crippen molar-refractivity contribution in [1.29, 1.82) is 5.26 Å². The van der Waals surface area contributed by atoms with E-state index in [4.69, 9.17) is 5.26 Å². The molecule has 0 aromatic heterocycles. The number of nitriles is 1. The van der Waals surface area contributed by atoms with Gasteiger partial charge < -0.3 is 4.90 Å². The van der Waals surface area contributed by atoms with Crippen LogP contribution in [-0.2, 0) is 10.0 Å². The number of benzene rings is 1. The fourth-order valence-electron chi connectivity index (χ4n) is 3.30. The molecule has 1 saturated heterocycles. The number of piperidine rings is 1. The van der Waals surface area contributed by atoms with E-state index in [2.05, 4.69) is 6.07 Å². The molecule has 3 rings (SSSR count). The van der Waals surface area contributed by atoms with E-state index in [0.29, 0.717) is 44.6 Å². The first-order valence-electron chi connectivity index (χ1n) is 8.86. The summed E-state index contributed by atoms with van der Waals surface area (Å²) in [7, 11) is -3.61. The van der Waals surface area contributed by atoms with Gasteiger partial charge in [0.2, 0.25) is 10.0 Å². The minimum atomic E-state index is -3.61. The third-order valence-corrected chi connectivity index (χ3v) is 6.94. The molecule has 0 N–H and O–H groups in total. The Morgan fingerprint density at radius 1 is 1.23 bits per heavy atom. The fourth-order valence-corrected chi connectivity index (χ4v) is 4.73. The lowest BCUT2D eigenvalue weighted by molar-refractivity contribution is 0.0707. The summed E-state index contributed by atoms with van der Waals surface area (Å²) in [6, 6.07) is 8.53. The van der Waals surface area contributed by atoms with Crippen LogP contribution in [0.2, 0.25) is 0 Å². The number of carbonyl (C=O) groups is 1. The maximum Gasteiger partial charge on any atom is 0.253 e. The average Bonchev–Trinajstić information content (AvgIpc) is 2.68. The van der Waals surface area contributed by atoms with E-state index in [-0.39, 0.29) is 16.7 Å². The molecule has 138 valence electrons. The van der Waals surface area contributed by atoms with Crippen LogP contribution in [0.15, 0.2) is 40.8 Å². The van der Waals surface area contributed by atoms with Gasteiger partial charge in [0.25, 0.3) is 5.91 Å². The first kappa shape index (κ1) is 18.6. The molecule has 0 aliphatic carbocycles. The molecule has 7 heteroatoms. The number of carbonyl (C=O) groups excluding carboxylic acids is 1. The van der Waals surface area contributed by atoms with Crippen molar-refractivity contribution >= 4 is 15.9 Å². The standard InChI is InChI=1S/C19H23N3O3S/c1-15-5-11-22(12-6-15)26(24,25)18-4-2-3-17(13-18)19(23)21-9-7-16(14-20)8-10-21/h2-5,13,16H,6-12H2,1H3. The normalized spacial score (nSPS) is 19.7. The number of amides is 1. The zero-order valence-corrected chi connectivity index (χ0v) is 15.7. The van der Waals surface area contributed by atoms with Crippen LogP contribution in [0.3, 0.4) is 0 Å². The lowest BCUT2D eigenvalue weighted by Crippen LogP contribution is -2.38. The van der Waals surface area contributed by atoms with Crippen molar-refractivity contribution < 1.29 is 13.2 Å². The molecular weight excluding hydrogens is 350 g/mol. The van der Waals surface area contributed by atoms with Crippen LogP contribution in [-0.4, -0.2) is 49.7 Å². The molecule has 1 amide bonds. The Kier molecular flexibility index (Phi) is 5.44. The summed E-state index contributed by atoms with van der Waals surface area (Å²) in [6.07, 6.45) is 3.99.